The van der Waals surface area contributed by atoms with Crippen molar-refractivity contribution in [1.29, 1.82) is 0 Å². The first kappa shape index (κ1) is 12.1. The van der Waals surface area contributed by atoms with Crippen molar-refractivity contribution in [2.45, 2.75) is 6.92 Å². The van der Waals surface area contributed by atoms with Gasteiger partial charge in [0.25, 0.3) is 0 Å². The Kier molecular flexibility index (Phi) is 2.98. The van der Waals surface area contributed by atoms with Crippen LogP contribution in [0.3, 0.4) is 0 Å². The molecule has 8 heteroatoms. The van der Waals surface area contributed by atoms with Crippen LogP contribution in [-0.4, -0.2) is 11.9 Å². The second-order valence-electron chi connectivity index (χ2n) is 2.99. The molecule has 0 saturated carbocycles. The molecule has 1 aliphatic rings. The summed E-state index contributed by atoms with van der Waals surface area (Å²) < 4.78 is 48.4. The van der Waals surface area contributed by atoms with Crippen molar-refractivity contribution in [2.75, 3.05) is 0 Å². The third kappa shape index (κ3) is 1.96. The van der Waals surface area contributed by atoms with Gasteiger partial charge in [0.2, 0.25) is 0 Å². The maximum absolute atomic E-state index is 13.4. The second-order valence-corrected chi connectivity index (χ2v) is 6.19. The van der Waals surface area contributed by atoms with Crippen LogP contribution in [-0.2, 0) is 10.9 Å². The quantitative estimate of drug-likeness (QED) is 0.570. The summed E-state index contributed by atoms with van der Waals surface area (Å²) in [6, 6.07) is 0.296. The Labute approximate surface area is 101 Å². The number of fused-ring (bicyclic) bond motifs is 1. The second kappa shape index (κ2) is 4.17. The van der Waals surface area contributed by atoms with Gasteiger partial charge in [-0.15, -0.1) is 0 Å². The van der Waals surface area contributed by atoms with Crippen LogP contribution in [0.4, 0.5) is 13.2 Å². The molecule has 0 saturated heterocycles. The molecular weight excluding hydrogens is 356 g/mol. The van der Waals surface area contributed by atoms with Crippen molar-refractivity contribution in [3.8, 4) is 0 Å². The van der Waals surface area contributed by atoms with Crippen molar-refractivity contribution < 1.29 is 28.9 Å². The molecule has 92 valence electrons. The van der Waals surface area contributed by atoms with Crippen LogP contribution in [0.5, 0.6) is 0 Å². The van der Waals surface area contributed by atoms with Crippen LogP contribution < -0.4 is 0 Å². The first-order chi connectivity index (χ1) is 7.91. The van der Waals surface area contributed by atoms with Gasteiger partial charge in [-0.1, -0.05) is 0 Å². The van der Waals surface area contributed by atoms with Gasteiger partial charge >= 0.3 is 101 Å². The first-order valence-electron chi connectivity index (χ1n) is 4.21. The summed E-state index contributed by atoms with van der Waals surface area (Å²) in [4.78, 5) is 21.9. The topological polar surface area (TPSA) is 52.6 Å². The number of hydrogen-bond acceptors (Lipinski definition) is 4. The number of carbonyl (C=O) groups is 2. The predicted octanol–water partition coefficient (Wildman–Crippen LogP) is 2.34. The molecule has 1 heterocycles. The third-order valence-corrected chi connectivity index (χ3v) is 5.54. The molecule has 1 aromatic carbocycles. The van der Waals surface area contributed by atoms with Crippen molar-refractivity contribution in [1.82, 2.24) is 0 Å². The molecule has 0 bridgehead atoms. The number of benzene rings is 1. The van der Waals surface area contributed by atoms with Crippen molar-refractivity contribution in [2.24, 2.45) is 0 Å². The normalized spacial score (nSPS) is 15.5. The van der Waals surface area contributed by atoms with Gasteiger partial charge in [-0.25, -0.2) is 0 Å². The fourth-order valence-corrected chi connectivity index (χ4v) is 4.35. The minimum atomic E-state index is -3.35. The van der Waals surface area contributed by atoms with E-state index >= 15 is 0 Å². The average Bonchev–Trinajstić information content (AvgIpc) is 2.51. The molecule has 0 radical (unpaired) electrons. The van der Waals surface area contributed by atoms with Gasteiger partial charge in [0.1, 0.15) is 0 Å². The van der Waals surface area contributed by atoms with Crippen LogP contribution in [0.1, 0.15) is 17.3 Å². The van der Waals surface area contributed by atoms with E-state index in [2.05, 4.69) is 6.13 Å². The molecule has 2 rings (SSSR count). The van der Waals surface area contributed by atoms with Crippen LogP contribution in [0.2, 0.25) is 0 Å². The van der Waals surface area contributed by atoms with E-state index in [0.29, 0.717) is 6.07 Å². The molecule has 1 aliphatic heterocycles. The molecule has 1 aromatic rings. The van der Waals surface area contributed by atoms with E-state index < -0.39 is 59.2 Å². The van der Waals surface area contributed by atoms with Gasteiger partial charge < -0.3 is 0 Å². The van der Waals surface area contributed by atoms with Crippen LogP contribution in [0.25, 0.3) is 0 Å². The summed E-state index contributed by atoms with van der Waals surface area (Å²) in [5.74, 6) is -6.10. The van der Waals surface area contributed by atoms with Gasteiger partial charge in [0, 0.05) is 0 Å². The number of hydrogen-bond donors (Lipinski definition) is 0. The molecule has 0 unspecified atom stereocenters. The molecule has 4 nitrogen and oxygen atoms in total. The fourth-order valence-electron chi connectivity index (χ4n) is 1.20. The van der Waals surface area contributed by atoms with Crippen LogP contribution in [0.15, 0.2) is 6.07 Å². The molecule has 17 heavy (non-hydrogen) atoms. The van der Waals surface area contributed by atoms with Gasteiger partial charge in [0.05, 0.1) is 0 Å². The summed E-state index contributed by atoms with van der Waals surface area (Å²) in [5, 5.41) is 0. The van der Waals surface area contributed by atoms with Gasteiger partial charge in [0.15, 0.2) is 0 Å². The SMILES string of the molecule is CC(=O)OI1OC(=O)c2c(F)c(F)cc(F)c21. The summed E-state index contributed by atoms with van der Waals surface area (Å²) in [6.45, 7) is 1.04. The van der Waals surface area contributed by atoms with Crippen molar-refractivity contribution in [3.05, 3.63) is 32.7 Å². The zero-order valence-electron chi connectivity index (χ0n) is 8.22. The Bertz CT molecular complexity index is 531. The summed E-state index contributed by atoms with van der Waals surface area (Å²) in [5.41, 5.74) is -0.811. The summed E-state index contributed by atoms with van der Waals surface area (Å²) in [6.07, 6.45) is 0. The van der Waals surface area contributed by atoms with E-state index in [-0.39, 0.29) is 0 Å². The zero-order chi connectivity index (χ0) is 12.7. The first-order valence-corrected chi connectivity index (χ1v) is 7.05. The molecular formula is C9H4F3IO4. The Morgan fingerprint density at radius 1 is 1.35 bits per heavy atom. The van der Waals surface area contributed by atoms with Crippen molar-refractivity contribution >= 4 is 32.6 Å². The molecule has 0 N–H and O–H groups in total. The van der Waals surface area contributed by atoms with E-state index in [1.807, 2.05) is 0 Å². The Morgan fingerprint density at radius 3 is 2.59 bits per heavy atom. The predicted molar refractivity (Wildman–Crippen MR) is 56.2 cm³/mol. The standard InChI is InChI=1S/C9H4F3IO4/c1-3(14)16-13-8-5(11)2-4(10)7(12)6(8)9(15)17-13/h2H,1H3. The van der Waals surface area contributed by atoms with E-state index in [0.717, 1.165) is 6.92 Å². The van der Waals surface area contributed by atoms with E-state index in [4.69, 9.17) is 0 Å². The fraction of sp³-hybridized carbons (Fsp3) is 0.111. The van der Waals surface area contributed by atoms with Gasteiger partial charge in [-0.2, -0.15) is 0 Å². The Morgan fingerprint density at radius 2 is 2.00 bits per heavy atom. The third-order valence-electron chi connectivity index (χ3n) is 1.79. The number of rotatable bonds is 1. The number of halogens is 4. The van der Waals surface area contributed by atoms with E-state index in [1.54, 1.807) is 0 Å². The van der Waals surface area contributed by atoms with Crippen LogP contribution >= 0.6 is 20.6 Å². The molecule has 0 fully saturated rings. The molecule has 0 aromatic heterocycles. The monoisotopic (exact) mass is 360 g/mol. The minimum absolute atomic E-state index is 0.296. The van der Waals surface area contributed by atoms with Crippen molar-refractivity contribution in [3.63, 3.8) is 0 Å². The Balaban J connectivity index is 2.58. The molecule has 0 amide bonds. The maximum atomic E-state index is 13.4. The summed E-state index contributed by atoms with van der Waals surface area (Å²) >= 11 is -3.35. The van der Waals surface area contributed by atoms with E-state index in [1.165, 1.54) is 0 Å². The van der Waals surface area contributed by atoms with Crippen LogP contribution in [0, 0.1) is 21.0 Å². The summed E-state index contributed by atoms with van der Waals surface area (Å²) in [7, 11) is 0. The average molecular weight is 360 g/mol. The molecule has 0 atom stereocenters. The van der Waals surface area contributed by atoms with Gasteiger partial charge in [-0.05, 0) is 0 Å². The van der Waals surface area contributed by atoms with Gasteiger partial charge in [-0.3, -0.25) is 0 Å². The molecule has 0 aliphatic carbocycles. The van der Waals surface area contributed by atoms with E-state index in [9.17, 15) is 22.8 Å². The number of carbonyl (C=O) groups excluding carboxylic acids is 2. The Hall–Kier alpha value is -1.32. The zero-order valence-corrected chi connectivity index (χ0v) is 10.4. The molecule has 0 spiro atoms.